The van der Waals surface area contributed by atoms with Crippen LogP contribution in [0.5, 0.6) is 0 Å². The Morgan fingerprint density at radius 1 is 1.30 bits per heavy atom. The number of hydrogen-bond acceptors (Lipinski definition) is 5. The quantitative estimate of drug-likeness (QED) is 0.696. The molecule has 160 valence electrons. The average molecular weight is 430 g/mol. The van der Waals surface area contributed by atoms with E-state index in [9.17, 15) is 14.4 Å². The molecule has 1 saturated carbocycles. The molecule has 2 bridgehead atoms. The zero-order valence-electron chi connectivity index (χ0n) is 17.4. The lowest BCUT2D eigenvalue weighted by atomic mass is 9.74. The average Bonchev–Trinajstić information content (AvgIpc) is 3.05. The van der Waals surface area contributed by atoms with E-state index in [-0.39, 0.29) is 23.8 Å². The predicted octanol–water partition coefficient (Wildman–Crippen LogP) is 1.59. The molecule has 1 aromatic heterocycles. The molecule has 1 aromatic rings. The fourth-order valence-electron chi connectivity index (χ4n) is 5.10. The van der Waals surface area contributed by atoms with Gasteiger partial charge in [-0.3, -0.25) is 14.4 Å². The summed E-state index contributed by atoms with van der Waals surface area (Å²) in [5.74, 6) is -1.81. The lowest BCUT2D eigenvalue weighted by Gasteiger charge is -2.34. The van der Waals surface area contributed by atoms with E-state index in [1.54, 1.807) is 16.2 Å². The van der Waals surface area contributed by atoms with Crippen LogP contribution in [0.3, 0.4) is 0 Å². The number of rotatable bonds is 5. The number of fused-ring (bicyclic) bond motifs is 1. The molecule has 3 aliphatic heterocycles. The molecule has 3 amide bonds. The maximum atomic E-state index is 13.5. The van der Waals surface area contributed by atoms with Crippen molar-refractivity contribution in [3.63, 3.8) is 0 Å². The summed E-state index contributed by atoms with van der Waals surface area (Å²) >= 11 is 1.58. The van der Waals surface area contributed by atoms with Gasteiger partial charge in [0, 0.05) is 16.5 Å². The highest BCUT2D eigenvalue weighted by molar-refractivity contribution is 7.09. The van der Waals surface area contributed by atoms with E-state index in [0.29, 0.717) is 6.54 Å². The van der Waals surface area contributed by atoms with Gasteiger partial charge >= 0.3 is 0 Å². The van der Waals surface area contributed by atoms with E-state index in [2.05, 4.69) is 10.6 Å². The van der Waals surface area contributed by atoms with Gasteiger partial charge in [-0.15, -0.1) is 11.3 Å². The Bertz CT molecular complexity index is 917. The molecule has 7 nitrogen and oxygen atoms in total. The molecule has 5 atom stereocenters. The van der Waals surface area contributed by atoms with E-state index < -0.39 is 35.1 Å². The molecule has 4 heterocycles. The van der Waals surface area contributed by atoms with Gasteiger partial charge in [0.2, 0.25) is 17.7 Å². The maximum Gasteiger partial charge on any atom is 0.246 e. The first-order valence-corrected chi connectivity index (χ1v) is 11.4. The Labute approximate surface area is 179 Å². The second kappa shape index (κ2) is 6.65. The van der Waals surface area contributed by atoms with Crippen molar-refractivity contribution in [2.75, 3.05) is 0 Å². The molecule has 2 saturated heterocycles. The molecule has 4 aliphatic rings. The number of carbonyl (C=O) groups excluding carboxylic acids is 3. The Morgan fingerprint density at radius 2 is 2.07 bits per heavy atom. The van der Waals surface area contributed by atoms with Crippen LogP contribution in [0.4, 0.5) is 0 Å². The Kier molecular flexibility index (Phi) is 4.38. The van der Waals surface area contributed by atoms with Gasteiger partial charge in [-0.25, -0.2) is 0 Å². The Morgan fingerprint density at radius 3 is 2.70 bits per heavy atom. The Balaban J connectivity index is 1.44. The first-order chi connectivity index (χ1) is 14.2. The van der Waals surface area contributed by atoms with E-state index in [0.717, 1.165) is 17.7 Å². The van der Waals surface area contributed by atoms with Gasteiger partial charge in [0.05, 0.1) is 24.5 Å². The van der Waals surface area contributed by atoms with Crippen LogP contribution in [0.1, 0.15) is 38.5 Å². The summed E-state index contributed by atoms with van der Waals surface area (Å²) in [5.41, 5.74) is -1.49. The molecule has 30 heavy (non-hydrogen) atoms. The summed E-state index contributed by atoms with van der Waals surface area (Å²) in [5, 5.41) is 7.96. The Hall–Kier alpha value is -2.19. The standard InChI is InChI=1S/C22H27N3O4S/c1-21(2,3)24-19(27)17-22-9-8-14(29-22)15(16(22)20(28)25(17)12-6-7-12)18(26)23-11-13-5-4-10-30-13/h4-5,8-10,12,14-17H,6-7,11H2,1-3H3,(H,23,26)(H,24,27)/t14-,15+,16-,17-,22-/m1/s1. The summed E-state index contributed by atoms with van der Waals surface area (Å²) in [4.78, 5) is 42.7. The smallest absolute Gasteiger partial charge is 0.246 e. The third kappa shape index (κ3) is 3.00. The van der Waals surface area contributed by atoms with Crippen molar-refractivity contribution in [3.05, 3.63) is 34.5 Å². The number of nitrogens with one attached hydrogen (secondary N) is 2. The summed E-state index contributed by atoms with van der Waals surface area (Å²) in [6.07, 6.45) is 5.01. The molecule has 0 radical (unpaired) electrons. The van der Waals surface area contributed by atoms with Gasteiger partial charge in [0.15, 0.2) is 0 Å². The van der Waals surface area contributed by atoms with Crippen molar-refractivity contribution < 1.29 is 19.1 Å². The number of amides is 3. The fourth-order valence-corrected chi connectivity index (χ4v) is 5.74. The van der Waals surface area contributed by atoms with E-state index in [1.807, 2.05) is 50.4 Å². The minimum absolute atomic E-state index is 0.0547. The zero-order valence-corrected chi connectivity index (χ0v) is 18.2. The van der Waals surface area contributed by atoms with Crippen molar-refractivity contribution in [2.24, 2.45) is 11.8 Å². The molecule has 1 spiro atoms. The lowest BCUT2D eigenvalue weighted by molar-refractivity contribution is -0.143. The fraction of sp³-hybridized carbons (Fsp3) is 0.591. The van der Waals surface area contributed by atoms with Crippen LogP contribution < -0.4 is 10.6 Å². The number of carbonyl (C=O) groups is 3. The van der Waals surface area contributed by atoms with Crippen molar-refractivity contribution in [2.45, 2.75) is 69.5 Å². The van der Waals surface area contributed by atoms with Gasteiger partial charge in [-0.1, -0.05) is 18.2 Å². The van der Waals surface area contributed by atoms with Crippen LogP contribution >= 0.6 is 11.3 Å². The van der Waals surface area contributed by atoms with Crippen molar-refractivity contribution >= 4 is 29.1 Å². The second-order valence-electron chi connectivity index (χ2n) is 9.71. The van der Waals surface area contributed by atoms with Gasteiger partial charge in [-0.05, 0) is 45.1 Å². The molecule has 1 aliphatic carbocycles. The second-order valence-corrected chi connectivity index (χ2v) is 10.7. The highest BCUT2D eigenvalue weighted by Crippen LogP contribution is 2.57. The zero-order chi connectivity index (χ0) is 21.3. The lowest BCUT2D eigenvalue weighted by Crippen LogP contribution is -2.58. The first kappa shape index (κ1) is 19.8. The molecule has 5 rings (SSSR count). The number of thiophene rings is 1. The van der Waals surface area contributed by atoms with E-state index in [4.69, 9.17) is 4.74 Å². The molecule has 2 N–H and O–H groups in total. The summed E-state index contributed by atoms with van der Waals surface area (Å²) in [7, 11) is 0. The van der Waals surface area contributed by atoms with Gasteiger partial charge in [0.25, 0.3) is 0 Å². The van der Waals surface area contributed by atoms with Crippen molar-refractivity contribution in [3.8, 4) is 0 Å². The van der Waals surface area contributed by atoms with Crippen LogP contribution in [-0.4, -0.2) is 51.9 Å². The summed E-state index contributed by atoms with van der Waals surface area (Å²) < 4.78 is 6.29. The molecular weight excluding hydrogens is 402 g/mol. The minimum atomic E-state index is -1.06. The van der Waals surface area contributed by atoms with Gasteiger partial charge < -0.3 is 20.3 Å². The largest absolute Gasteiger partial charge is 0.359 e. The molecule has 3 fully saturated rings. The highest BCUT2D eigenvalue weighted by atomic mass is 32.1. The minimum Gasteiger partial charge on any atom is -0.359 e. The number of ether oxygens (including phenoxy) is 1. The predicted molar refractivity (Wildman–Crippen MR) is 111 cm³/mol. The number of hydrogen-bond donors (Lipinski definition) is 2. The highest BCUT2D eigenvalue weighted by Gasteiger charge is 2.74. The molecule has 0 unspecified atom stereocenters. The van der Waals surface area contributed by atoms with Crippen LogP contribution in [0.15, 0.2) is 29.7 Å². The summed E-state index contributed by atoms with van der Waals surface area (Å²) in [6, 6.07) is 3.22. The topological polar surface area (TPSA) is 87.7 Å². The van der Waals surface area contributed by atoms with Crippen LogP contribution in [0.25, 0.3) is 0 Å². The van der Waals surface area contributed by atoms with Crippen LogP contribution in [0, 0.1) is 11.8 Å². The number of likely N-dealkylation sites (tertiary alicyclic amines) is 1. The van der Waals surface area contributed by atoms with E-state index in [1.165, 1.54) is 0 Å². The monoisotopic (exact) mass is 429 g/mol. The normalized spacial score (nSPS) is 34.4. The third-order valence-corrected chi connectivity index (χ3v) is 7.19. The maximum absolute atomic E-state index is 13.5. The molecule has 8 heteroatoms. The molecule has 0 aromatic carbocycles. The van der Waals surface area contributed by atoms with Gasteiger partial charge in [-0.2, -0.15) is 0 Å². The van der Waals surface area contributed by atoms with Crippen molar-refractivity contribution in [1.82, 2.24) is 15.5 Å². The first-order valence-electron chi connectivity index (χ1n) is 10.5. The number of nitrogens with zero attached hydrogens (tertiary/aromatic N) is 1. The van der Waals surface area contributed by atoms with Crippen LogP contribution in [-0.2, 0) is 25.7 Å². The van der Waals surface area contributed by atoms with Crippen LogP contribution in [0.2, 0.25) is 0 Å². The van der Waals surface area contributed by atoms with E-state index >= 15 is 0 Å². The van der Waals surface area contributed by atoms with Gasteiger partial charge in [0.1, 0.15) is 11.6 Å². The molecular formula is C22H27N3O4S. The van der Waals surface area contributed by atoms with Crippen molar-refractivity contribution in [1.29, 1.82) is 0 Å². The SMILES string of the molecule is CC(C)(C)NC(=O)[C@H]1N(C2CC2)C(=O)[C@H]2[C@@H](C(=O)NCc3cccs3)[C@H]3C=C[C@@]21O3. The third-order valence-electron chi connectivity index (χ3n) is 6.32. The summed E-state index contributed by atoms with van der Waals surface area (Å²) in [6.45, 7) is 6.18.